The van der Waals surface area contributed by atoms with Gasteiger partial charge >= 0.3 is 5.97 Å². The van der Waals surface area contributed by atoms with Crippen molar-refractivity contribution in [1.29, 1.82) is 0 Å². The van der Waals surface area contributed by atoms with Gasteiger partial charge in [0.05, 0.1) is 7.11 Å². The van der Waals surface area contributed by atoms with E-state index in [9.17, 15) is 4.79 Å². The molecule has 1 atom stereocenters. The molecule has 0 radical (unpaired) electrons. The number of hydrogen-bond donors (Lipinski definition) is 0. The molecule has 0 bridgehead atoms. The summed E-state index contributed by atoms with van der Waals surface area (Å²) in [7, 11) is 1.37. The van der Waals surface area contributed by atoms with Crippen LogP contribution < -0.4 is 4.90 Å². The number of carbonyl (C=O) groups excluding carboxylic acids is 1. The van der Waals surface area contributed by atoms with Gasteiger partial charge in [-0.3, -0.25) is 0 Å². The fourth-order valence-corrected chi connectivity index (χ4v) is 2.55. The minimum absolute atomic E-state index is 0.357. The molecule has 1 unspecified atom stereocenters. The molecule has 1 aromatic heterocycles. The molecule has 5 heteroatoms. The molecule has 0 amide bonds. The van der Waals surface area contributed by atoms with E-state index >= 15 is 0 Å². The van der Waals surface area contributed by atoms with Gasteiger partial charge in [0.2, 0.25) is 0 Å². The molecule has 0 aromatic carbocycles. The highest BCUT2D eigenvalue weighted by Crippen LogP contribution is 2.26. The van der Waals surface area contributed by atoms with Crippen LogP contribution in [0.25, 0.3) is 0 Å². The molecule has 0 spiro atoms. The standard InChI is InChI=1S/C10H14N2O2S/c1-7-3-4-12(5-7)10-11-8(6-15-10)9(13)14-2/h6-7H,3-5H2,1-2H3. The number of esters is 1. The van der Waals surface area contributed by atoms with Crippen LogP contribution in [-0.2, 0) is 4.74 Å². The predicted octanol–water partition coefficient (Wildman–Crippen LogP) is 1.78. The maximum atomic E-state index is 11.2. The molecule has 0 aliphatic carbocycles. The third-order valence-corrected chi connectivity index (χ3v) is 3.48. The van der Waals surface area contributed by atoms with Crippen LogP contribution in [0.1, 0.15) is 23.8 Å². The Morgan fingerprint density at radius 1 is 1.73 bits per heavy atom. The predicted molar refractivity (Wildman–Crippen MR) is 59.4 cm³/mol. The Morgan fingerprint density at radius 3 is 3.13 bits per heavy atom. The summed E-state index contributed by atoms with van der Waals surface area (Å²) in [6, 6.07) is 0. The van der Waals surface area contributed by atoms with Crippen LogP contribution in [-0.4, -0.2) is 31.2 Å². The number of rotatable bonds is 2. The molecule has 1 aliphatic rings. The largest absolute Gasteiger partial charge is 0.464 e. The van der Waals surface area contributed by atoms with E-state index in [-0.39, 0.29) is 5.97 Å². The summed E-state index contributed by atoms with van der Waals surface area (Å²) in [6.45, 7) is 4.30. The Morgan fingerprint density at radius 2 is 2.53 bits per heavy atom. The second-order valence-corrected chi connectivity index (χ2v) is 4.68. The van der Waals surface area contributed by atoms with Crippen molar-refractivity contribution in [2.45, 2.75) is 13.3 Å². The zero-order valence-electron chi connectivity index (χ0n) is 8.90. The van der Waals surface area contributed by atoms with Gasteiger partial charge in [0.1, 0.15) is 0 Å². The molecule has 1 aromatic rings. The van der Waals surface area contributed by atoms with Crippen molar-refractivity contribution < 1.29 is 9.53 Å². The summed E-state index contributed by atoms with van der Waals surface area (Å²) < 4.78 is 4.62. The fourth-order valence-electron chi connectivity index (χ4n) is 1.72. The summed E-state index contributed by atoms with van der Waals surface area (Å²) in [6.07, 6.45) is 1.20. The zero-order valence-corrected chi connectivity index (χ0v) is 9.71. The highest BCUT2D eigenvalue weighted by molar-refractivity contribution is 7.13. The van der Waals surface area contributed by atoms with Crippen LogP contribution in [0.2, 0.25) is 0 Å². The Balaban J connectivity index is 2.10. The van der Waals surface area contributed by atoms with E-state index in [0.29, 0.717) is 5.69 Å². The minimum atomic E-state index is -0.357. The van der Waals surface area contributed by atoms with Gasteiger partial charge in [-0.2, -0.15) is 0 Å². The Labute approximate surface area is 92.9 Å². The molecule has 0 saturated carbocycles. The second-order valence-electron chi connectivity index (χ2n) is 3.85. The third kappa shape index (κ3) is 2.12. The Hall–Kier alpha value is -1.10. The first-order chi connectivity index (χ1) is 7.20. The lowest BCUT2D eigenvalue weighted by Crippen LogP contribution is -2.19. The molecule has 2 rings (SSSR count). The highest BCUT2D eigenvalue weighted by Gasteiger charge is 2.22. The Kier molecular flexibility index (Phi) is 2.90. The average Bonchev–Trinajstić information content (AvgIpc) is 2.84. The monoisotopic (exact) mass is 226 g/mol. The molecule has 0 N–H and O–H groups in total. The summed E-state index contributed by atoms with van der Waals surface area (Å²) >= 11 is 1.51. The fraction of sp³-hybridized carbons (Fsp3) is 0.600. The summed E-state index contributed by atoms with van der Waals surface area (Å²) in [5.74, 6) is 0.361. The van der Waals surface area contributed by atoms with Gasteiger partial charge in [0.15, 0.2) is 10.8 Å². The van der Waals surface area contributed by atoms with Gasteiger partial charge in [-0.05, 0) is 12.3 Å². The minimum Gasteiger partial charge on any atom is -0.464 e. The van der Waals surface area contributed by atoms with Crippen LogP contribution in [0.15, 0.2) is 5.38 Å². The average molecular weight is 226 g/mol. The number of thiazole rings is 1. The maximum Gasteiger partial charge on any atom is 0.357 e. The summed E-state index contributed by atoms with van der Waals surface area (Å²) in [4.78, 5) is 17.7. The Bertz CT molecular complexity index is 364. The molecule has 15 heavy (non-hydrogen) atoms. The van der Waals surface area contributed by atoms with Gasteiger partial charge in [-0.1, -0.05) is 6.92 Å². The van der Waals surface area contributed by atoms with Crippen molar-refractivity contribution in [3.63, 3.8) is 0 Å². The van der Waals surface area contributed by atoms with Crippen LogP contribution >= 0.6 is 11.3 Å². The molecular weight excluding hydrogens is 212 g/mol. The lowest BCUT2D eigenvalue weighted by atomic mass is 10.2. The van der Waals surface area contributed by atoms with Crippen LogP contribution in [0.3, 0.4) is 0 Å². The third-order valence-electron chi connectivity index (χ3n) is 2.58. The number of hydrogen-bond acceptors (Lipinski definition) is 5. The van der Waals surface area contributed by atoms with E-state index in [1.54, 1.807) is 5.38 Å². The van der Waals surface area contributed by atoms with Crippen molar-refractivity contribution in [3.8, 4) is 0 Å². The molecule has 1 aliphatic heterocycles. The van der Waals surface area contributed by atoms with E-state index in [1.165, 1.54) is 24.9 Å². The lowest BCUT2D eigenvalue weighted by Gasteiger charge is -2.13. The molecule has 82 valence electrons. The molecular formula is C10H14N2O2S. The van der Waals surface area contributed by atoms with E-state index in [4.69, 9.17) is 0 Å². The first-order valence-electron chi connectivity index (χ1n) is 4.99. The molecule has 1 fully saturated rings. The topological polar surface area (TPSA) is 42.4 Å². The zero-order chi connectivity index (χ0) is 10.8. The summed E-state index contributed by atoms with van der Waals surface area (Å²) in [5.41, 5.74) is 0.414. The number of ether oxygens (including phenoxy) is 1. The summed E-state index contributed by atoms with van der Waals surface area (Å²) in [5, 5.41) is 2.68. The van der Waals surface area contributed by atoms with Crippen LogP contribution in [0, 0.1) is 5.92 Å². The SMILES string of the molecule is COC(=O)c1csc(N2CCC(C)C2)n1. The van der Waals surface area contributed by atoms with Gasteiger partial charge in [0.25, 0.3) is 0 Å². The van der Waals surface area contributed by atoms with E-state index in [1.807, 2.05) is 0 Å². The van der Waals surface area contributed by atoms with E-state index in [0.717, 1.165) is 24.1 Å². The van der Waals surface area contributed by atoms with E-state index < -0.39 is 0 Å². The van der Waals surface area contributed by atoms with Crippen molar-refractivity contribution in [1.82, 2.24) is 4.98 Å². The molecule has 4 nitrogen and oxygen atoms in total. The number of carbonyl (C=O) groups is 1. The quantitative estimate of drug-likeness (QED) is 0.721. The number of aromatic nitrogens is 1. The number of methoxy groups -OCH3 is 1. The number of anilines is 1. The first kappa shape index (κ1) is 10.4. The smallest absolute Gasteiger partial charge is 0.357 e. The first-order valence-corrected chi connectivity index (χ1v) is 5.87. The number of nitrogens with zero attached hydrogens (tertiary/aromatic N) is 2. The van der Waals surface area contributed by atoms with E-state index in [2.05, 4.69) is 21.5 Å². The maximum absolute atomic E-state index is 11.2. The van der Waals surface area contributed by atoms with Crippen molar-refractivity contribution in [2.24, 2.45) is 5.92 Å². The van der Waals surface area contributed by atoms with Crippen LogP contribution in [0.5, 0.6) is 0 Å². The van der Waals surface area contributed by atoms with Gasteiger partial charge in [0, 0.05) is 18.5 Å². The van der Waals surface area contributed by atoms with Crippen LogP contribution in [0.4, 0.5) is 5.13 Å². The normalized spacial score (nSPS) is 20.7. The van der Waals surface area contributed by atoms with Gasteiger partial charge < -0.3 is 9.64 Å². The molecule has 2 heterocycles. The van der Waals surface area contributed by atoms with Gasteiger partial charge in [-0.15, -0.1) is 11.3 Å². The second kappa shape index (κ2) is 4.18. The lowest BCUT2D eigenvalue weighted by molar-refractivity contribution is 0.0595. The van der Waals surface area contributed by atoms with Gasteiger partial charge in [-0.25, -0.2) is 9.78 Å². The highest BCUT2D eigenvalue weighted by atomic mass is 32.1. The van der Waals surface area contributed by atoms with Crippen molar-refractivity contribution in [2.75, 3.05) is 25.1 Å². The molecule has 1 saturated heterocycles. The van der Waals surface area contributed by atoms with Crippen molar-refractivity contribution >= 4 is 22.4 Å². The van der Waals surface area contributed by atoms with Crippen molar-refractivity contribution in [3.05, 3.63) is 11.1 Å².